The molecule has 4 nitrogen and oxygen atoms in total. The molecule has 6 heteroatoms. The zero-order valence-corrected chi connectivity index (χ0v) is 10.4. The van der Waals surface area contributed by atoms with Crippen LogP contribution in [0.15, 0.2) is 18.2 Å². The largest absolute Gasteiger partial charge is 0.446 e. The Morgan fingerprint density at radius 2 is 2.16 bits per heavy atom. The summed E-state index contributed by atoms with van der Waals surface area (Å²) in [5.41, 5.74) is 5.68. The molecule has 0 bridgehead atoms. The van der Waals surface area contributed by atoms with Crippen LogP contribution in [0.5, 0.6) is 0 Å². The van der Waals surface area contributed by atoms with E-state index in [2.05, 4.69) is 5.32 Å². The first-order valence-corrected chi connectivity index (χ1v) is 6.23. The van der Waals surface area contributed by atoms with E-state index in [0.29, 0.717) is 12.5 Å². The molecule has 1 aromatic carbocycles. The van der Waals surface area contributed by atoms with Crippen LogP contribution in [0.25, 0.3) is 0 Å². The number of hydrogen-bond donors (Lipinski definition) is 2. The highest BCUT2D eigenvalue weighted by atomic mass is 19.1. The fraction of sp³-hybridized carbons (Fsp3) is 0.462. The Kier molecular flexibility index (Phi) is 4.31. The van der Waals surface area contributed by atoms with Gasteiger partial charge >= 0.3 is 6.09 Å². The first-order chi connectivity index (χ1) is 9.04. The highest BCUT2D eigenvalue weighted by Gasteiger charge is 2.22. The van der Waals surface area contributed by atoms with Gasteiger partial charge in [0, 0.05) is 12.1 Å². The molecule has 2 atom stereocenters. The molecule has 0 aliphatic heterocycles. The Hall–Kier alpha value is -1.69. The topological polar surface area (TPSA) is 64.3 Å². The highest BCUT2D eigenvalue weighted by molar-refractivity contribution is 5.84. The van der Waals surface area contributed by atoms with E-state index < -0.39 is 17.7 Å². The van der Waals surface area contributed by atoms with E-state index >= 15 is 0 Å². The molecule has 2 rings (SSSR count). The van der Waals surface area contributed by atoms with Gasteiger partial charge in [-0.2, -0.15) is 0 Å². The van der Waals surface area contributed by atoms with Crippen molar-refractivity contribution in [3.63, 3.8) is 0 Å². The SMILES string of the molecule is NC1CCCC(OC(=O)Nc2ccc(F)cc2F)C1. The second-order valence-electron chi connectivity index (χ2n) is 4.70. The maximum atomic E-state index is 13.3. The van der Waals surface area contributed by atoms with E-state index in [1.54, 1.807) is 0 Å². The lowest BCUT2D eigenvalue weighted by molar-refractivity contribution is 0.0811. The molecular weight excluding hydrogens is 254 g/mol. The Labute approximate surface area is 109 Å². The van der Waals surface area contributed by atoms with Gasteiger partial charge in [-0.15, -0.1) is 0 Å². The lowest BCUT2D eigenvalue weighted by Gasteiger charge is -2.26. The maximum absolute atomic E-state index is 13.3. The lowest BCUT2D eigenvalue weighted by Crippen LogP contribution is -2.34. The van der Waals surface area contributed by atoms with Crippen LogP contribution in [0.2, 0.25) is 0 Å². The summed E-state index contributed by atoms with van der Waals surface area (Å²) in [6.07, 6.45) is 2.21. The van der Waals surface area contributed by atoms with Crippen molar-refractivity contribution < 1.29 is 18.3 Å². The van der Waals surface area contributed by atoms with E-state index in [1.165, 1.54) is 0 Å². The van der Waals surface area contributed by atoms with Crippen molar-refractivity contribution in [2.45, 2.75) is 37.8 Å². The lowest BCUT2D eigenvalue weighted by atomic mass is 9.94. The Morgan fingerprint density at radius 1 is 1.37 bits per heavy atom. The van der Waals surface area contributed by atoms with Crippen molar-refractivity contribution in [1.82, 2.24) is 0 Å². The van der Waals surface area contributed by atoms with Gasteiger partial charge in [-0.3, -0.25) is 5.32 Å². The number of benzene rings is 1. The van der Waals surface area contributed by atoms with Crippen LogP contribution >= 0.6 is 0 Å². The van der Waals surface area contributed by atoms with Gasteiger partial charge in [0.2, 0.25) is 0 Å². The minimum Gasteiger partial charge on any atom is -0.446 e. The number of amides is 1. The molecule has 1 saturated carbocycles. The quantitative estimate of drug-likeness (QED) is 0.868. The third-order valence-electron chi connectivity index (χ3n) is 3.11. The number of halogens is 2. The summed E-state index contributed by atoms with van der Waals surface area (Å²) >= 11 is 0. The third-order valence-corrected chi connectivity index (χ3v) is 3.11. The monoisotopic (exact) mass is 270 g/mol. The first-order valence-electron chi connectivity index (χ1n) is 6.23. The maximum Gasteiger partial charge on any atom is 0.411 e. The predicted molar refractivity (Wildman–Crippen MR) is 66.7 cm³/mol. The molecule has 1 aromatic rings. The van der Waals surface area contributed by atoms with Gasteiger partial charge in [0.25, 0.3) is 0 Å². The molecule has 19 heavy (non-hydrogen) atoms. The number of carbonyl (C=O) groups is 1. The van der Waals surface area contributed by atoms with Crippen molar-refractivity contribution in [3.8, 4) is 0 Å². The minimum absolute atomic E-state index is 0.0362. The van der Waals surface area contributed by atoms with Crippen LogP contribution in [-0.4, -0.2) is 18.2 Å². The fourth-order valence-corrected chi connectivity index (χ4v) is 2.17. The van der Waals surface area contributed by atoms with Crippen molar-refractivity contribution in [2.24, 2.45) is 5.73 Å². The van der Waals surface area contributed by atoms with Gasteiger partial charge in [-0.25, -0.2) is 13.6 Å². The predicted octanol–water partition coefficient (Wildman–Crippen LogP) is 2.78. The molecule has 1 aliphatic carbocycles. The Morgan fingerprint density at radius 3 is 2.84 bits per heavy atom. The molecule has 0 spiro atoms. The van der Waals surface area contributed by atoms with Crippen LogP contribution in [0.1, 0.15) is 25.7 Å². The molecule has 0 radical (unpaired) electrons. The van der Waals surface area contributed by atoms with Crippen LogP contribution < -0.4 is 11.1 Å². The molecule has 104 valence electrons. The van der Waals surface area contributed by atoms with E-state index in [-0.39, 0.29) is 17.8 Å². The Balaban J connectivity index is 1.90. The third kappa shape index (κ3) is 3.89. The summed E-state index contributed by atoms with van der Waals surface area (Å²) < 4.78 is 31.2. The standard InChI is InChI=1S/C13H16F2N2O2/c14-8-4-5-12(11(15)6-8)17-13(18)19-10-3-1-2-9(16)7-10/h4-6,9-10H,1-3,7,16H2,(H,17,18). The summed E-state index contributed by atoms with van der Waals surface area (Å²) in [5, 5.41) is 2.26. The molecule has 1 fully saturated rings. The fourth-order valence-electron chi connectivity index (χ4n) is 2.17. The Bertz CT molecular complexity index is 468. The van der Waals surface area contributed by atoms with Gasteiger partial charge in [0.15, 0.2) is 0 Å². The number of nitrogens with two attached hydrogens (primary N) is 1. The van der Waals surface area contributed by atoms with Gasteiger partial charge in [0.05, 0.1) is 5.69 Å². The van der Waals surface area contributed by atoms with Crippen molar-refractivity contribution in [3.05, 3.63) is 29.8 Å². The number of anilines is 1. The summed E-state index contributed by atoms with van der Waals surface area (Å²) in [7, 11) is 0. The number of ether oxygens (including phenoxy) is 1. The number of rotatable bonds is 2. The molecular formula is C13H16F2N2O2. The molecule has 0 aromatic heterocycles. The number of hydrogen-bond acceptors (Lipinski definition) is 3. The van der Waals surface area contributed by atoms with Gasteiger partial charge < -0.3 is 10.5 Å². The van der Waals surface area contributed by atoms with Crippen molar-refractivity contribution in [1.29, 1.82) is 0 Å². The van der Waals surface area contributed by atoms with Gasteiger partial charge in [0.1, 0.15) is 17.7 Å². The van der Waals surface area contributed by atoms with Crippen LogP contribution in [0.4, 0.5) is 19.3 Å². The van der Waals surface area contributed by atoms with E-state index in [0.717, 1.165) is 31.4 Å². The van der Waals surface area contributed by atoms with E-state index in [4.69, 9.17) is 10.5 Å². The van der Waals surface area contributed by atoms with E-state index in [9.17, 15) is 13.6 Å². The smallest absolute Gasteiger partial charge is 0.411 e. The van der Waals surface area contributed by atoms with Gasteiger partial charge in [-0.1, -0.05) is 0 Å². The normalized spacial score (nSPS) is 22.9. The summed E-state index contributed by atoms with van der Waals surface area (Å²) in [6, 6.07) is 2.95. The molecule has 0 heterocycles. The summed E-state index contributed by atoms with van der Waals surface area (Å²) in [6.45, 7) is 0. The average Bonchev–Trinajstić information content (AvgIpc) is 2.33. The molecule has 3 N–H and O–H groups in total. The number of carbonyl (C=O) groups excluding carboxylic acids is 1. The second-order valence-corrected chi connectivity index (χ2v) is 4.70. The van der Waals surface area contributed by atoms with Crippen LogP contribution in [0.3, 0.4) is 0 Å². The zero-order valence-electron chi connectivity index (χ0n) is 10.4. The average molecular weight is 270 g/mol. The van der Waals surface area contributed by atoms with Crippen LogP contribution in [0, 0.1) is 11.6 Å². The molecule has 0 saturated heterocycles. The molecule has 2 unspecified atom stereocenters. The number of nitrogens with one attached hydrogen (secondary N) is 1. The first kappa shape index (κ1) is 13.7. The minimum atomic E-state index is -0.836. The van der Waals surface area contributed by atoms with Gasteiger partial charge in [-0.05, 0) is 37.8 Å². The summed E-state index contributed by atoms with van der Waals surface area (Å²) in [5.74, 6) is -1.54. The zero-order chi connectivity index (χ0) is 13.8. The molecule has 1 aliphatic rings. The molecule has 1 amide bonds. The van der Waals surface area contributed by atoms with Crippen molar-refractivity contribution >= 4 is 11.8 Å². The summed E-state index contributed by atoms with van der Waals surface area (Å²) in [4.78, 5) is 11.6. The highest BCUT2D eigenvalue weighted by Crippen LogP contribution is 2.21. The van der Waals surface area contributed by atoms with E-state index in [1.807, 2.05) is 0 Å². The van der Waals surface area contributed by atoms with Crippen LogP contribution in [-0.2, 0) is 4.74 Å². The van der Waals surface area contributed by atoms with Crippen molar-refractivity contribution in [2.75, 3.05) is 5.32 Å². The second kappa shape index (κ2) is 5.97.